The van der Waals surface area contributed by atoms with Crippen LogP contribution in [0.15, 0.2) is 17.2 Å². The Kier molecular flexibility index (Phi) is 7.82. The number of esters is 1. The number of hydrogen-bond donors (Lipinski definition) is 0. The fourth-order valence-electron chi connectivity index (χ4n) is 3.76. The zero-order valence-electron chi connectivity index (χ0n) is 16.9. The van der Waals surface area contributed by atoms with Crippen molar-refractivity contribution in [2.24, 2.45) is 5.92 Å². The number of ether oxygens (including phenoxy) is 2. The highest BCUT2D eigenvalue weighted by Gasteiger charge is 2.38. The maximum absolute atomic E-state index is 13.8. The summed E-state index contributed by atoms with van der Waals surface area (Å²) in [5.74, 6) is 2.39. The summed E-state index contributed by atoms with van der Waals surface area (Å²) in [5.41, 5.74) is 0. The minimum Gasteiger partial charge on any atom is -0.486 e. The Morgan fingerprint density at radius 2 is 2.36 bits per heavy atom. The predicted octanol–water partition coefficient (Wildman–Crippen LogP) is 4.63. The molecule has 3 rings (SSSR count). The van der Waals surface area contributed by atoms with Gasteiger partial charge in [0.25, 0.3) is 0 Å². The molecule has 2 aliphatic heterocycles. The molecule has 5 nitrogen and oxygen atoms in total. The number of hydrogen-bond acceptors (Lipinski definition) is 6. The molecule has 0 saturated carbocycles. The largest absolute Gasteiger partial charge is 0.486 e. The van der Waals surface area contributed by atoms with E-state index in [1.807, 2.05) is 11.0 Å². The van der Waals surface area contributed by atoms with Crippen molar-refractivity contribution in [3.63, 3.8) is 0 Å². The Labute approximate surface area is 171 Å². The van der Waals surface area contributed by atoms with Gasteiger partial charge in [-0.3, -0.25) is 4.79 Å². The van der Waals surface area contributed by atoms with Gasteiger partial charge in [-0.1, -0.05) is 33.1 Å². The molecule has 0 radical (unpaired) electrons. The van der Waals surface area contributed by atoms with Crippen LogP contribution >= 0.6 is 11.8 Å². The molecule has 3 atom stereocenters. The zero-order valence-corrected chi connectivity index (χ0v) is 17.7. The van der Waals surface area contributed by atoms with Crippen molar-refractivity contribution < 1.29 is 18.7 Å². The van der Waals surface area contributed by atoms with Crippen molar-refractivity contribution in [3.8, 4) is 5.75 Å². The standard InChI is InChI=1S/C21H31FN2O3S/c1-3-5-6-15(4-2)13-26-19(25)8-10-28-18-7-9-23-21-20(18)27-14-17-11-16(22)12-24(17)21/h7,9,15-17H,3-6,8,10-14H2,1-2H3/t15?,16-,17+/m1/s1. The molecule has 7 heteroatoms. The monoisotopic (exact) mass is 410 g/mol. The van der Waals surface area contributed by atoms with E-state index in [0.29, 0.717) is 44.3 Å². The van der Waals surface area contributed by atoms with Crippen molar-refractivity contribution in [1.82, 2.24) is 4.98 Å². The summed E-state index contributed by atoms with van der Waals surface area (Å²) in [6, 6.07) is 1.97. The van der Waals surface area contributed by atoms with Gasteiger partial charge in [-0.05, 0) is 18.4 Å². The molecule has 1 fully saturated rings. The van der Waals surface area contributed by atoms with E-state index in [1.54, 1.807) is 18.0 Å². The fourth-order valence-corrected chi connectivity index (χ4v) is 4.68. The minimum atomic E-state index is -0.822. The summed E-state index contributed by atoms with van der Waals surface area (Å²) in [6.07, 6.45) is 6.29. The Balaban J connectivity index is 1.47. The van der Waals surface area contributed by atoms with E-state index in [2.05, 4.69) is 18.8 Å². The molecule has 0 aliphatic carbocycles. The first-order valence-corrected chi connectivity index (χ1v) is 11.4. The number of carbonyl (C=O) groups is 1. The maximum atomic E-state index is 13.8. The third-order valence-electron chi connectivity index (χ3n) is 5.49. The lowest BCUT2D eigenvalue weighted by atomic mass is 10.0. The summed E-state index contributed by atoms with van der Waals surface area (Å²) in [6.45, 7) is 5.72. The molecule has 1 unspecified atom stereocenters. The number of unbranched alkanes of at least 4 members (excludes halogenated alkanes) is 1. The van der Waals surface area contributed by atoms with Crippen molar-refractivity contribution in [1.29, 1.82) is 0 Å². The maximum Gasteiger partial charge on any atom is 0.306 e. The second kappa shape index (κ2) is 10.3. The molecular formula is C21H31FN2O3S. The SMILES string of the molecule is CCCCC(CC)COC(=O)CCSc1ccnc2c1OC[C@@H]1C[C@@H](F)CN21. The highest BCUT2D eigenvalue weighted by atomic mass is 32.2. The lowest BCUT2D eigenvalue weighted by molar-refractivity contribution is -0.144. The molecule has 0 amide bonds. The van der Waals surface area contributed by atoms with Crippen LogP contribution in [-0.2, 0) is 9.53 Å². The molecule has 3 heterocycles. The second-order valence-corrected chi connectivity index (χ2v) is 8.75. The smallest absolute Gasteiger partial charge is 0.306 e. The van der Waals surface area contributed by atoms with E-state index < -0.39 is 6.17 Å². The van der Waals surface area contributed by atoms with Gasteiger partial charge in [-0.2, -0.15) is 0 Å². The van der Waals surface area contributed by atoms with Gasteiger partial charge in [0.1, 0.15) is 12.8 Å². The van der Waals surface area contributed by atoms with E-state index in [9.17, 15) is 9.18 Å². The Hall–Kier alpha value is -1.50. The quantitative estimate of drug-likeness (QED) is 0.414. The molecule has 28 heavy (non-hydrogen) atoms. The molecular weight excluding hydrogens is 379 g/mol. The van der Waals surface area contributed by atoms with Crippen LogP contribution in [0.5, 0.6) is 5.75 Å². The van der Waals surface area contributed by atoms with Crippen molar-refractivity contribution in [2.75, 3.05) is 30.4 Å². The van der Waals surface area contributed by atoms with Crippen LogP contribution in [0, 0.1) is 5.92 Å². The number of alkyl halides is 1. The van der Waals surface area contributed by atoms with Crippen LogP contribution in [0.3, 0.4) is 0 Å². The van der Waals surface area contributed by atoms with Gasteiger partial charge in [0.2, 0.25) is 0 Å². The van der Waals surface area contributed by atoms with Gasteiger partial charge in [0.15, 0.2) is 11.6 Å². The number of fused-ring (bicyclic) bond motifs is 3. The molecule has 1 saturated heterocycles. The zero-order chi connectivity index (χ0) is 19.9. The average Bonchev–Trinajstić information content (AvgIpc) is 3.09. The van der Waals surface area contributed by atoms with Gasteiger partial charge >= 0.3 is 5.97 Å². The van der Waals surface area contributed by atoms with Crippen LogP contribution in [0.25, 0.3) is 0 Å². The van der Waals surface area contributed by atoms with E-state index in [1.165, 1.54) is 12.8 Å². The van der Waals surface area contributed by atoms with Crippen LogP contribution in [0.2, 0.25) is 0 Å². The fraction of sp³-hybridized carbons (Fsp3) is 0.714. The second-order valence-electron chi connectivity index (χ2n) is 7.61. The van der Waals surface area contributed by atoms with Crippen LogP contribution < -0.4 is 9.64 Å². The topological polar surface area (TPSA) is 51.7 Å². The number of nitrogens with zero attached hydrogens (tertiary/aromatic N) is 2. The van der Waals surface area contributed by atoms with Gasteiger partial charge in [-0.15, -0.1) is 11.8 Å². The van der Waals surface area contributed by atoms with Crippen LogP contribution in [-0.4, -0.2) is 48.7 Å². The molecule has 2 aliphatic rings. The van der Waals surface area contributed by atoms with Crippen molar-refractivity contribution >= 4 is 23.5 Å². The summed E-state index contributed by atoms with van der Waals surface area (Å²) in [5, 5.41) is 0. The lowest BCUT2D eigenvalue weighted by Gasteiger charge is -2.32. The third kappa shape index (κ3) is 5.31. The molecule has 0 aromatic carbocycles. The van der Waals surface area contributed by atoms with Crippen LogP contribution in [0.1, 0.15) is 52.4 Å². The van der Waals surface area contributed by atoms with Gasteiger partial charge in [-0.25, -0.2) is 9.37 Å². The molecule has 1 aromatic heterocycles. The highest BCUT2D eigenvalue weighted by Crippen LogP contribution is 2.42. The van der Waals surface area contributed by atoms with Gasteiger partial charge in [0, 0.05) is 18.4 Å². The Bertz CT molecular complexity index is 661. The number of aromatic nitrogens is 1. The molecule has 1 aromatic rings. The number of halogens is 1. The summed E-state index contributed by atoms with van der Waals surface area (Å²) in [7, 11) is 0. The van der Waals surface area contributed by atoms with Crippen molar-refractivity contribution in [2.45, 2.75) is 69.5 Å². The van der Waals surface area contributed by atoms with E-state index in [4.69, 9.17) is 9.47 Å². The first kappa shape index (κ1) is 21.2. The normalized spacial score (nSPS) is 21.6. The number of pyridine rings is 1. The number of carbonyl (C=O) groups excluding carboxylic acids is 1. The first-order valence-electron chi connectivity index (χ1n) is 10.4. The minimum absolute atomic E-state index is 0.0736. The van der Waals surface area contributed by atoms with E-state index in [-0.39, 0.29) is 12.0 Å². The molecule has 156 valence electrons. The highest BCUT2D eigenvalue weighted by molar-refractivity contribution is 7.99. The Morgan fingerprint density at radius 3 is 3.14 bits per heavy atom. The van der Waals surface area contributed by atoms with Gasteiger partial charge in [0.05, 0.1) is 30.5 Å². The summed E-state index contributed by atoms with van der Waals surface area (Å²) >= 11 is 1.57. The van der Waals surface area contributed by atoms with Crippen LogP contribution in [0.4, 0.5) is 10.2 Å². The van der Waals surface area contributed by atoms with Gasteiger partial charge < -0.3 is 14.4 Å². The number of anilines is 1. The first-order chi connectivity index (χ1) is 13.6. The van der Waals surface area contributed by atoms with Crippen molar-refractivity contribution in [3.05, 3.63) is 12.3 Å². The van der Waals surface area contributed by atoms with E-state index in [0.717, 1.165) is 29.3 Å². The molecule has 0 spiro atoms. The summed E-state index contributed by atoms with van der Waals surface area (Å²) in [4.78, 5) is 19.5. The summed E-state index contributed by atoms with van der Waals surface area (Å²) < 4.78 is 25.1. The predicted molar refractivity (Wildman–Crippen MR) is 110 cm³/mol. The Morgan fingerprint density at radius 1 is 1.50 bits per heavy atom. The molecule has 0 N–H and O–H groups in total. The number of thioether (sulfide) groups is 1. The third-order valence-corrected chi connectivity index (χ3v) is 6.53. The van der Waals surface area contributed by atoms with E-state index >= 15 is 0 Å². The molecule has 0 bridgehead atoms. The average molecular weight is 411 g/mol. The number of rotatable bonds is 10. The lowest BCUT2D eigenvalue weighted by Crippen LogP contribution is -2.39.